The molecule has 1 aromatic heterocycles. The number of rotatable bonds is 4. The third-order valence-corrected chi connectivity index (χ3v) is 3.41. The molecule has 0 bridgehead atoms. The zero-order valence-electron chi connectivity index (χ0n) is 12.4. The minimum atomic E-state index is -0.373. The molecule has 1 aromatic carbocycles. The summed E-state index contributed by atoms with van der Waals surface area (Å²) in [6.07, 6.45) is 1.62. The number of hydrazone groups is 1. The number of nitrogens with zero attached hydrogens (tertiary/aromatic N) is 2. The molecule has 1 amide bonds. The van der Waals surface area contributed by atoms with Crippen LogP contribution in [-0.2, 0) is 6.54 Å². The van der Waals surface area contributed by atoms with E-state index in [1.54, 1.807) is 6.21 Å². The van der Waals surface area contributed by atoms with Gasteiger partial charge in [0.15, 0.2) is 0 Å². The zero-order chi connectivity index (χ0) is 15.4. The van der Waals surface area contributed by atoms with Crippen LogP contribution in [0.25, 0.3) is 0 Å². The molecule has 1 heterocycles. The second kappa shape index (κ2) is 6.35. The molecular formula is C16H18FN3O. The van der Waals surface area contributed by atoms with Crippen LogP contribution in [0.1, 0.15) is 34.2 Å². The van der Waals surface area contributed by atoms with Crippen LogP contribution in [0.15, 0.2) is 35.4 Å². The van der Waals surface area contributed by atoms with Crippen molar-refractivity contribution in [1.29, 1.82) is 0 Å². The molecule has 110 valence electrons. The van der Waals surface area contributed by atoms with E-state index >= 15 is 0 Å². The molecule has 0 fully saturated rings. The Morgan fingerprint density at radius 3 is 2.57 bits per heavy atom. The lowest BCUT2D eigenvalue weighted by Gasteiger charge is -2.04. The van der Waals surface area contributed by atoms with E-state index in [1.807, 2.05) is 19.9 Å². The quantitative estimate of drug-likeness (QED) is 0.682. The van der Waals surface area contributed by atoms with Gasteiger partial charge in [0.1, 0.15) is 5.82 Å². The summed E-state index contributed by atoms with van der Waals surface area (Å²) in [5.41, 5.74) is 6.03. The summed E-state index contributed by atoms with van der Waals surface area (Å²) in [6.45, 7) is 7.02. The second-order valence-corrected chi connectivity index (χ2v) is 4.78. The van der Waals surface area contributed by atoms with Crippen molar-refractivity contribution in [3.05, 3.63) is 58.7 Å². The molecule has 4 nitrogen and oxygen atoms in total. The maximum Gasteiger partial charge on any atom is 0.271 e. The summed E-state index contributed by atoms with van der Waals surface area (Å²) in [7, 11) is 0. The van der Waals surface area contributed by atoms with Gasteiger partial charge < -0.3 is 4.57 Å². The summed E-state index contributed by atoms with van der Waals surface area (Å²) in [5, 5.41) is 3.96. The Morgan fingerprint density at radius 2 is 2.00 bits per heavy atom. The molecule has 0 aliphatic carbocycles. The zero-order valence-corrected chi connectivity index (χ0v) is 12.4. The maximum absolute atomic E-state index is 12.8. The van der Waals surface area contributed by atoms with E-state index in [2.05, 4.69) is 22.0 Å². The van der Waals surface area contributed by atoms with Crippen LogP contribution < -0.4 is 5.43 Å². The van der Waals surface area contributed by atoms with Crippen molar-refractivity contribution >= 4 is 12.1 Å². The van der Waals surface area contributed by atoms with Crippen LogP contribution in [0.4, 0.5) is 4.39 Å². The molecule has 2 aromatic rings. The Hall–Kier alpha value is -2.43. The molecule has 21 heavy (non-hydrogen) atoms. The first-order valence-electron chi connectivity index (χ1n) is 6.78. The second-order valence-electron chi connectivity index (χ2n) is 4.78. The first-order valence-corrected chi connectivity index (χ1v) is 6.78. The number of hydrogen-bond acceptors (Lipinski definition) is 2. The van der Waals surface area contributed by atoms with Crippen molar-refractivity contribution in [2.45, 2.75) is 27.3 Å². The van der Waals surface area contributed by atoms with E-state index in [0.29, 0.717) is 5.56 Å². The van der Waals surface area contributed by atoms with Gasteiger partial charge in [0.25, 0.3) is 5.91 Å². The van der Waals surface area contributed by atoms with Gasteiger partial charge in [-0.05, 0) is 51.1 Å². The van der Waals surface area contributed by atoms with Crippen molar-refractivity contribution in [2.75, 3.05) is 0 Å². The minimum Gasteiger partial charge on any atom is -0.349 e. The van der Waals surface area contributed by atoms with E-state index in [4.69, 9.17) is 0 Å². The predicted octanol–water partition coefficient (Wildman–Crippen LogP) is 3.03. The first-order chi connectivity index (χ1) is 10.0. The average molecular weight is 287 g/mol. The summed E-state index contributed by atoms with van der Waals surface area (Å²) in [5.74, 6) is -0.738. The largest absolute Gasteiger partial charge is 0.349 e. The third kappa shape index (κ3) is 3.37. The van der Waals surface area contributed by atoms with Crippen LogP contribution in [0.3, 0.4) is 0 Å². The van der Waals surface area contributed by atoms with Crippen molar-refractivity contribution < 1.29 is 9.18 Å². The number of carbonyl (C=O) groups is 1. The number of aromatic nitrogens is 1. The van der Waals surface area contributed by atoms with Crippen LogP contribution in [-0.4, -0.2) is 16.7 Å². The highest BCUT2D eigenvalue weighted by Gasteiger charge is 2.06. The number of nitrogens with one attached hydrogen (secondary N) is 1. The molecular weight excluding hydrogens is 269 g/mol. The molecule has 0 spiro atoms. The Kier molecular flexibility index (Phi) is 4.52. The summed E-state index contributed by atoms with van der Waals surface area (Å²) >= 11 is 0. The Morgan fingerprint density at radius 1 is 1.33 bits per heavy atom. The molecule has 0 atom stereocenters. The van der Waals surface area contributed by atoms with Gasteiger partial charge in [-0.3, -0.25) is 4.79 Å². The fourth-order valence-electron chi connectivity index (χ4n) is 2.27. The highest BCUT2D eigenvalue weighted by atomic mass is 19.1. The normalized spacial score (nSPS) is 11.0. The average Bonchev–Trinajstić information content (AvgIpc) is 2.73. The molecule has 2 rings (SSSR count). The van der Waals surface area contributed by atoms with Gasteiger partial charge in [-0.1, -0.05) is 0 Å². The topological polar surface area (TPSA) is 46.4 Å². The van der Waals surface area contributed by atoms with Gasteiger partial charge in [-0.25, -0.2) is 9.82 Å². The molecule has 1 N–H and O–H groups in total. The van der Waals surface area contributed by atoms with Crippen molar-refractivity contribution in [2.24, 2.45) is 5.10 Å². The van der Waals surface area contributed by atoms with Gasteiger partial charge >= 0.3 is 0 Å². The van der Waals surface area contributed by atoms with Gasteiger partial charge in [-0.2, -0.15) is 5.10 Å². The maximum atomic E-state index is 12.8. The summed E-state index contributed by atoms with van der Waals surface area (Å²) in [6, 6.07) is 7.35. The summed E-state index contributed by atoms with van der Waals surface area (Å²) < 4.78 is 14.9. The van der Waals surface area contributed by atoms with Crippen LogP contribution in [0, 0.1) is 19.7 Å². The Bertz CT molecular complexity index is 672. The van der Waals surface area contributed by atoms with Crippen molar-refractivity contribution in [1.82, 2.24) is 9.99 Å². The van der Waals surface area contributed by atoms with Gasteiger partial charge in [0, 0.05) is 29.1 Å². The fraction of sp³-hybridized carbons (Fsp3) is 0.250. The highest BCUT2D eigenvalue weighted by molar-refractivity contribution is 5.94. The smallest absolute Gasteiger partial charge is 0.271 e. The molecule has 0 saturated heterocycles. The number of carbonyl (C=O) groups excluding carboxylic acids is 1. The number of benzene rings is 1. The van der Waals surface area contributed by atoms with E-state index in [0.717, 1.165) is 23.5 Å². The van der Waals surface area contributed by atoms with Crippen molar-refractivity contribution in [3.63, 3.8) is 0 Å². The third-order valence-electron chi connectivity index (χ3n) is 3.41. The number of amides is 1. The van der Waals surface area contributed by atoms with Crippen LogP contribution in [0.2, 0.25) is 0 Å². The minimum absolute atomic E-state index is 0.365. The lowest BCUT2D eigenvalue weighted by molar-refractivity contribution is 0.0955. The number of halogens is 1. The predicted molar refractivity (Wildman–Crippen MR) is 81.0 cm³/mol. The van der Waals surface area contributed by atoms with Crippen molar-refractivity contribution in [3.8, 4) is 0 Å². The molecule has 0 radical (unpaired) electrons. The summed E-state index contributed by atoms with van der Waals surface area (Å²) in [4.78, 5) is 11.8. The van der Waals surface area contributed by atoms with E-state index in [1.165, 1.54) is 24.3 Å². The molecule has 0 aliphatic heterocycles. The lowest BCUT2D eigenvalue weighted by atomic mass is 10.2. The SMILES string of the molecule is CCn1c(C)cc(/C=N\NC(=O)c2ccc(F)cc2)c1C. The van der Waals surface area contributed by atoms with Crippen LogP contribution >= 0.6 is 0 Å². The van der Waals surface area contributed by atoms with Gasteiger partial charge in [0.2, 0.25) is 0 Å². The molecule has 0 aliphatic rings. The lowest BCUT2D eigenvalue weighted by Crippen LogP contribution is -2.17. The standard InChI is InChI=1S/C16H18FN3O/c1-4-20-11(2)9-14(12(20)3)10-18-19-16(21)13-5-7-15(17)8-6-13/h5-10H,4H2,1-3H3,(H,19,21)/b18-10-. The molecule has 5 heteroatoms. The molecule has 0 saturated carbocycles. The van der Waals surface area contributed by atoms with E-state index in [9.17, 15) is 9.18 Å². The monoisotopic (exact) mass is 287 g/mol. The van der Waals surface area contributed by atoms with Gasteiger partial charge in [-0.15, -0.1) is 0 Å². The van der Waals surface area contributed by atoms with E-state index < -0.39 is 0 Å². The number of aryl methyl sites for hydroxylation is 1. The fourth-order valence-corrected chi connectivity index (χ4v) is 2.27. The van der Waals surface area contributed by atoms with Gasteiger partial charge in [0.05, 0.1) is 6.21 Å². The highest BCUT2D eigenvalue weighted by Crippen LogP contribution is 2.12. The van der Waals surface area contributed by atoms with Crippen LogP contribution in [0.5, 0.6) is 0 Å². The number of hydrogen-bond donors (Lipinski definition) is 1. The molecule has 0 unspecified atom stereocenters. The Labute approximate surface area is 123 Å². The Balaban J connectivity index is 2.05. The first kappa shape index (κ1) is 15.0. The van der Waals surface area contributed by atoms with E-state index in [-0.39, 0.29) is 11.7 Å².